The summed E-state index contributed by atoms with van der Waals surface area (Å²) in [4.78, 5) is 29.8. The van der Waals surface area contributed by atoms with Crippen LogP contribution in [-0.4, -0.2) is 34.8 Å². The molecule has 132 valence electrons. The minimum Gasteiger partial charge on any atom is -0.361 e. The number of aromatic amines is 1. The van der Waals surface area contributed by atoms with Crippen molar-refractivity contribution >= 4 is 28.4 Å². The lowest BCUT2D eigenvalue weighted by Gasteiger charge is -2.15. The third kappa shape index (κ3) is 3.33. The number of nitrogens with zero attached hydrogens (tertiary/aromatic N) is 1. The Morgan fingerprint density at radius 2 is 1.73 bits per heavy atom. The molecule has 0 radical (unpaired) electrons. The van der Waals surface area contributed by atoms with Gasteiger partial charge in [-0.1, -0.05) is 18.2 Å². The number of nitrogens with one attached hydrogen (secondary N) is 2. The van der Waals surface area contributed by atoms with Crippen LogP contribution < -0.4 is 5.32 Å². The van der Waals surface area contributed by atoms with Crippen LogP contribution in [0, 0.1) is 0 Å². The van der Waals surface area contributed by atoms with E-state index in [2.05, 4.69) is 10.3 Å². The predicted octanol–water partition coefficient (Wildman–Crippen LogP) is 3.59. The molecule has 1 saturated heterocycles. The lowest BCUT2D eigenvalue weighted by molar-refractivity contribution is -0.115. The smallest absolute Gasteiger partial charge is 0.253 e. The van der Waals surface area contributed by atoms with E-state index in [1.54, 1.807) is 24.3 Å². The summed E-state index contributed by atoms with van der Waals surface area (Å²) in [6, 6.07) is 15.1. The standard InChI is InChI=1S/C21H21N3O2/c25-20(13-16-14-22-19-6-2-1-5-18(16)19)23-17-9-7-15(8-10-17)21(26)24-11-3-4-12-24/h1-2,5-10,14,22H,3-4,11-13H2,(H,23,25). The summed E-state index contributed by atoms with van der Waals surface area (Å²) in [5, 5.41) is 3.97. The van der Waals surface area contributed by atoms with Gasteiger partial charge in [-0.05, 0) is 48.7 Å². The molecule has 2 heterocycles. The van der Waals surface area contributed by atoms with Crippen molar-refractivity contribution < 1.29 is 9.59 Å². The molecule has 3 aromatic rings. The lowest BCUT2D eigenvalue weighted by Crippen LogP contribution is -2.27. The van der Waals surface area contributed by atoms with Crippen LogP contribution in [0.4, 0.5) is 5.69 Å². The number of carbonyl (C=O) groups excluding carboxylic acids is 2. The van der Waals surface area contributed by atoms with Crippen molar-refractivity contribution in [2.24, 2.45) is 0 Å². The first-order valence-electron chi connectivity index (χ1n) is 8.95. The van der Waals surface area contributed by atoms with Crippen molar-refractivity contribution in [2.45, 2.75) is 19.3 Å². The van der Waals surface area contributed by atoms with Crippen molar-refractivity contribution in [3.8, 4) is 0 Å². The summed E-state index contributed by atoms with van der Waals surface area (Å²) in [6.07, 6.45) is 4.34. The van der Waals surface area contributed by atoms with E-state index in [9.17, 15) is 9.59 Å². The number of likely N-dealkylation sites (tertiary alicyclic amines) is 1. The van der Waals surface area contributed by atoms with Gasteiger partial charge in [0, 0.05) is 41.4 Å². The normalized spacial score (nSPS) is 13.9. The first-order chi connectivity index (χ1) is 12.7. The summed E-state index contributed by atoms with van der Waals surface area (Å²) in [5.74, 6) is -0.00691. The number of para-hydroxylation sites is 1. The number of anilines is 1. The minimum absolute atomic E-state index is 0.0687. The highest BCUT2D eigenvalue weighted by Crippen LogP contribution is 2.19. The fourth-order valence-corrected chi connectivity index (χ4v) is 3.45. The van der Waals surface area contributed by atoms with Crippen LogP contribution in [0.1, 0.15) is 28.8 Å². The zero-order chi connectivity index (χ0) is 17.9. The van der Waals surface area contributed by atoms with Crippen molar-refractivity contribution in [3.05, 3.63) is 65.9 Å². The van der Waals surface area contributed by atoms with Gasteiger partial charge in [0.05, 0.1) is 6.42 Å². The predicted molar refractivity (Wildman–Crippen MR) is 102 cm³/mol. The van der Waals surface area contributed by atoms with E-state index in [1.165, 1.54) is 0 Å². The zero-order valence-electron chi connectivity index (χ0n) is 14.5. The number of benzene rings is 2. The van der Waals surface area contributed by atoms with E-state index in [-0.39, 0.29) is 11.8 Å². The minimum atomic E-state index is -0.0756. The van der Waals surface area contributed by atoms with Gasteiger partial charge in [-0.25, -0.2) is 0 Å². The van der Waals surface area contributed by atoms with E-state index in [0.717, 1.165) is 42.4 Å². The molecule has 2 N–H and O–H groups in total. The fourth-order valence-electron chi connectivity index (χ4n) is 3.45. The number of hydrogen-bond donors (Lipinski definition) is 2. The highest BCUT2D eigenvalue weighted by Gasteiger charge is 2.19. The average Bonchev–Trinajstić information content (AvgIpc) is 3.32. The van der Waals surface area contributed by atoms with Gasteiger partial charge in [-0.3, -0.25) is 9.59 Å². The highest BCUT2D eigenvalue weighted by molar-refractivity contribution is 5.97. The third-order valence-electron chi connectivity index (χ3n) is 4.83. The van der Waals surface area contributed by atoms with Gasteiger partial charge in [0.25, 0.3) is 5.91 Å². The molecule has 0 bridgehead atoms. The van der Waals surface area contributed by atoms with Crippen LogP contribution in [0.5, 0.6) is 0 Å². The maximum atomic E-state index is 12.4. The molecule has 0 unspecified atom stereocenters. The Balaban J connectivity index is 1.40. The van der Waals surface area contributed by atoms with Gasteiger partial charge in [-0.15, -0.1) is 0 Å². The molecule has 1 aliphatic heterocycles. The third-order valence-corrected chi connectivity index (χ3v) is 4.83. The van der Waals surface area contributed by atoms with Gasteiger partial charge < -0.3 is 15.2 Å². The molecule has 0 saturated carbocycles. The van der Waals surface area contributed by atoms with Crippen LogP contribution >= 0.6 is 0 Å². The zero-order valence-corrected chi connectivity index (χ0v) is 14.5. The van der Waals surface area contributed by atoms with Gasteiger partial charge in [-0.2, -0.15) is 0 Å². The Labute approximate surface area is 152 Å². The van der Waals surface area contributed by atoms with Crippen LogP contribution in [-0.2, 0) is 11.2 Å². The monoisotopic (exact) mass is 347 g/mol. The molecule has 5 nitrogen and oxygen atoms in total. The number of amides is 2. The molecular weight excluding hydrogens is 326 g/mol. The Bertz CT molecular complexity index is 937. The fraction of sp³-hybridized carbons (Fsp3) is 0.238. The van der Waals surface area contributed by atoms with Gasteiger partial charge in [0.2, 0.25) is 5.91 Å². The van der Waals surface area contributed by atoms with E-state index < -0.39 is 0 Å². The van der Waals surface area contributed by atoms with Crippen LogP contribution in [0.2, 0.25) is 0 Å². The van der Waals surface area contributed by atoms with Crippen molar-refractivity contribution in [3.63, 3.8) is 0 Å². The maximum Gasteiger partial charge on any atom is 0.253 e. The quantitative estimate of drug-likeness (QED) is 0.757. The second-order valence-corrected chi connectivity index (χ2v) is 6.66. The lowest BCUT2D eigenvalue weighted by atomic mass is 10.1. The highest BCUT2D eigenvalue weighted by atomic mass is 16.2. The van der Waals surface area contributed by atoms with Gasteiger partial charge in [0.15, 0.2) is 0 Å². The van der Waals surface area contributed by atoms with E-state index in [1.807, 2.05) is 35.4 Å². The van der Waals surface area contributed by atoms with Crippen LogP contribution in [0.3, 0.4) is 0 Å². The molecule has 0 atom stereocenters. The number of rotatable bonds is 4. The summed E-state index contributed by atoms with van der Waals surface area (Å²) < 4.78 is 0. The molecule has 26 heavy (non-hydrogen) atoms. The second kappa shape index (κ2) is 7.04. The largest absolute Gasteiger partial charge is 0.361 e. The average molecular weight is 347 g/mol. The number of hydrogen-bond acceptors (Lipinski definition) is 2. The number of H-pyrrole nitrogens is 1. The first-order valence-corrected chi connectivity index (χ1v) is 8.95. The van der Waals surface area contributed by atoms with E-state index in [0.29, 0.717) is 17.7 Å². The summed E-state index contributed by atoms with van der Waals surface area (Å²) in [5.41, 5.74) is 3.37. The number of carbonyl (C=O) groups is 2. The summed E-state index contributed by atoms with van der Waals surface area (Å²) in [7, 11) is 0. The molecule has 1 fully saturated rings. The topological polar surface area (TPSA) is 65.2 Å². The molecule has 0 aliphatic carbocycles. The number of aromatic nitrogens is 1. The second-order valence-electron chi connectivity index (χ2n) is 6.66. The summed E-state index contributed by atoms with van der Waals surface area (Å²) in [6.45, 7) is 1.67. The number of fused-ring (bicyclic) bond motifs is 1. The molecule has 1 aliphatic rings. The maximum absolute atomic E-state index is 12.4. The van der Waals surface area contributed by atoms with Crippen LogP contribution in [0.15, 0.2) is 54.7 Å². The molecule has 2 amide bonds. The Morgan fingerprint density at radius 3 is 2.50 bits per heavy atom. The van der Waals surface area contributed by atoms with Crippen molar-refractivity contribution in [1.29, 1.82) is 0 Å². The molecule has 4 rings (SSSR count). The first kappa shape index (κ1) is 16.4. The van der Waals surface area contributed by atoms with Gasteiger partial charge >= 0.3 is 0 Å². The molecule has 0 spiro atoms. The molecular formula is C21H21N3O2. The van der Waals surface area contributed by atoms with Crippen molar-refractivity contribution in [2.75, 3.05) is 18.4 Å². The molecule has 5 heteroatoms. The Hall–Kier alpha value is -3.08. The SMILES string of the molecule is O=C(Cc1c[nH]c2ccccc12)Nc1ccc(C(=O)N2CCCC2)cc1. The summed E-state index contributed by atoms with van der Waals surface area (Å²) >= 11 is 0. The Kier molecular flexibility index (Phi) is 4.44. The molecule has 2 aromatic carbocycles. The van der Waals surface area contributed by atoms with E-state index in [4.69, 9.17) is 0 Å². The molecule has 1 aromatic heterocycles. The van der Waals surface area contributed by atoms with Gasteiger partial charge in [0.1, 0.15) is 0 Å². The van der Waals surface area contributed by atoms with E-state index >= 15 is 0 Å². The van der Waals surface area contributed by atoms with Crippen molar-refractivity contribution in [1.82, 2.24) is 9.88 Å². The Morgan fingerprint density at radius 1 is 1.00 bits per heavy atom. The van der Waals surface area contributed by atoms with Crippen LogP contribution in [0.25, 0.3) is 10.9 Å².